The van der Waals surface area contributed by atoms with Crippen molar-refractivity contribution in [2.24, 2.45) is 5.41 Å². The van der Waals surface area contributed by atoms with Gasteiger partial charge in [0, 0.05) is 19.1 Å². The highest BCUT2D eigenvalue weighted by atomic mass is 16.3. The summed E-state index contributed by atoms with van der Waals surface area (Å²) in [5.41, 5.74) is 0.130. The van der Waals surface area contributed by atoms with Gasteiger partial charge in [-0.2, -0.15) is 0 Å². The van der Waals surface area contributed by atoms with Crippen LogP contribution in [0.3, 0.4) is 0 Å². The molecule has 0 amide bonds. The molecule has 2 aliphatic rings. The Bertz CT molecular complexity index is 195. The third-order valence-corrected chi connectivity index (χ3v) is 4.06. The first kappa shape index (κ1) is 9.47. The minimum Gasteiger partial charge on any atom is -0.389 e. The van der Waals surface area contributed by atoms with Crippen LogP contribution < -0.4 is 0 Å². The second kappa shape index (κ2) is 2.71. The molecule has 2 rings (SSSR count). The highest BCUT2D eigenvalue weighted by molar-refractivity contribution is 5.03. The SMILES string of the molecule is CC(N1CC2(CCC2)C1)C(C)(C)O. The molecule has 2 heteroatoms. The zero-order chi connectivity index (χ0) is 9.69. The van der Waals surface area contributed by atoms with Gasteiger partial charge in [0.1, 0.15) is 0 Å². The summed E-state index contributed by atoms with van der Waals surface area (Å²) in [6.07, 6.45) is 4.26. The minimum atomic E-state index is -0.550. The second-order valence-corrected chi connectivity index (χ2v) is 5.59. The topological polar surface area (TPSA) is 23.5 Å². The van der Waals surface area contributed by atoms with Crippen LogP contribution in [0.2, 0.25) is 0 Å². The van der Waals surface area contributed by atoms with Crippen molar-refractivity contribution in [3.8, 4) is 0 Å². The first-order valence-electron chi connectivity index (χ1n) is 5.39. The standard InChI is InChI=1S/C11H21NO/c1-9(10(2,3)13)12-7-11(8-12)5-4-6-11/h9,13H,4-8H2,1-3H3. The van der Waals surface area contributed by atoms with E-state index in [0.717, 1.165) is 0 Å². The molecule has 1 aliphatic heterocycles. The van der Waals surface area contributed by atoms with E-state index in [0.29, 0.717) is 11.5 Å². The van der Waals surface area contributed by atoms with Gasteiger partial charge in [-0.3, -0.25) is 4.90 Å². The van der Waals surface area contributed by atoms with Crippen LogP contribution in [-0.4, -0.2) is 34.7 Å². The van der Waals surface area contributed by atoms with Crippen molar-refractivity contribution >= 4 is 0 Å². The maximum Gasteiger partial charge on any atom is 0.0743 e. The first-order valence-corrected chi connectivity index (χ1v) is 5.39. The van der Waals surface area contributed by atoms with Crippen LogP contribution in [0.15, 0.2) is 0 Å². The van der Waals surface area contributed by atoms with Crippen LogP contribution in [0.1, 0.15) is 40.0 Å². The van der Waals surface area contributed by atoms with E-state index < -0.39 is 5.60 Å². The Morgan fingerprint density at radius 1 is 1.31 bits per heavy atom. The highest BCUT2D eigenvalue weighted by Gasteiger charge is 2.50. The van der Waals surface area contributed by atoms with Crippen LogP contribution in [0.5, 0.6) is 0 Å². The van der Waals surface area contributed by atoms with Crippen LogP contribution in [-0.2, 0) is 0 Å². The van der Waals surface area contributed by atoms with Crippen LogP contribution in [0.4, 0.5) is 0 Å². The molecule has 1 unspecified atom stereocenters. The molecule has 1 atom stereocenters. The van der Waals surface area contributed by atoms with E-state index in [4.69, 9.17) is 0 Å². The van der Waals surface area contributed by atoms with Crippen LogP contribution >= 0.6 is 0 Å². The van der Waals surface area contributed by atoms with Gasteiger partial charge in [-0.05, 0) is 39.0 Å². The summed E-state index contributed by atoms with van der Waals surface area (Å²) in [5.74, 6) is 0. The minimum absolute atomic E-state index is 0.304. The molecule has 0 bridgehead atoms. The van der Waals surface area contributed by atoms with Crippen molar-refractivity contribution in [1.82, 2.24) is 4.90 Å². The lowest BCUT2D eigenvalue weighted by atomic mass is 9.63. The van der Waals surface area contributed by atoms with E-state index in [1.807, 2.05) is 13.8 Å². The van der Waals surface area contributed by atoms with Crippen molar-refractivity contribution in [3.63, 3.8) is 0 Å². The molecule has 1 saturated carbocycles. The molecule has 13 heavy (non-hydrogen) atoms. The molecule has 1 N–H and O–H groups in total. The molecule has 2 fully saturated rings. The lowest BCUT2D eigenvalue weighted by Gasteiger charge is -2.59. The molecule has 1 heterocycles. The summed E-state index contributed by atoms with van der Waals surface area (Å²) in [7, 11) is 0. The van der Waals surface area contributed by atoms with Gasteiger partial charge in [0.2, 0.25) is 0 Å². The Labute approximate surface area is 80.9 Å². The van der Waals surface area contributed by atoms with E-state index in [1.54, 1.807) is 0 Å². The average Bonchev–Trinajstić information content (AvgIpc) is 1.78. The lowest BCUT2D eigenvalue weighted by Crippen LogP contribution is -2.65. The van der Waals surface area contributed by atoms with Crippen LogP contribution in [0, 0.1) is 5.41 Å². The monoisotopic (exact) mass is 183 g/mol. The predicted octanol–water partition coefficient (Wildman–Crippen LogP) is 1.63. The fraction of sp³-hybridized carbons (Fsp3) is 1.00. The van der Waals surface area contributed by atoms with E-state index in [2.05, 4.69) is 11.8 Å². The smallest absolute Gasteiger partial charge is 0.0743 e. The number of hydrogen-bond donors (Lipinski definition) is 1. The number of hydrogen-bond acceptors (Lipinski definition) is 2. The molecule has 0 aromatic rings. The molecule has 2 nitrogen and oxygen atoms in total. The van der Waals surface area contributed by atoms with E-state index in [9.17, 15) is 5.11 Å². The summed E-state index contributed by atoms with van der Waals surface area (Å²) in [5, 5.41) is 9.84. The van der Waals surface area contributed by atoms with Crippen molar-refractivity contribution in [1.29, 1.82) is 0 Å². The number of aliphatic hydroxyl groups is 1. The fourth-order valence-electron chi connectivity index (χ4n) is 2.53. The van der Waals surface area contributed by atoms with Crippen molar-refractivity contribution in [2.45, 2.75) is 51.7 Å². The summed E-state index contributed by atoms with van der Waals surface area (Å²) in [6.45, 7) is 8.38. The van der Waals surface area contributed by atoms with E-state index in [1.165, 1.54) is 32.4 Å². The molecular weight excluding hydrogens is 162 g/mol. The first-order chi connectivity index (χ1) is 5.93. The third-order valence-electron chi connectivity index (χ3n) is 4.06. The zero-order valence-corrected chi connectivity index (χ0v) is 9.01. The summed E-state index contributed by atoms with van der Waals surface area (Å²) >= 11 is 0. The van der Waals surface area contributed by atoms with Crippen LogP contribution in [0.25, 0.3) is 0 Å². The van der Waals surface area contributed by atoms with Gasteiger partial charge in [0.15, 0.2) is 0 Å². The lowest BCUT2D eigenvalue weighted by molar-refractivity contribution is -0.124. The molecule has 0 aromatic heterocycles. The number of nitrogens with zero attached hydrogens (tertiary/aromatic N) is 1. The van der Waals surface area contributed by atoms with Gasteiger partial charge < -0.3 is 5.11 Å². The van der Waals surface area contributed by atoms with Gasteiger partial charge in [-0.25, -0.2) is 0 Å². The zero-order valence-electron chi connectivity index (χ0n) is 9.01. The maximum atomic E-state index is 9.84. The van der Waals surface area contributed by atoms with Crippen molar-refractivity contribution in [2.75, 3.05) is 13.1 Å². The third kappa shape index (κ3) is 1.50. The number of likely N-dealkylation sites (tertiary alicyclic amines) is 1. The van der Waals surface area contributed by atoms with E-state index >= 15 is 0 Å². The van der Waals surface area contributed by atoms with Crippen molar-refractivity contribution < 1.29 is 5.11 Å². The Balaban J connectivity index is 1.85. The highest BCUT2D eigenvalue weighted by Crippen LogP contribution is 2.49. The molecule has 1 saturated heterocycles. The number of rotatable bonds is 2. The Morgan fingerprint density at radius 2 is 1.85 bits per heavy atom. The van der Waals surface area contributed by atoms with Gasteiger partial charge >= 0.3 is 0 Å². The summed E-state index contributed by atoms with van der Waals surface area (Å²) in [6, 6.07) is 0.304. The summed E-state index contributed by atoms with van der Waals surface area (Å²) in [4.78, 5) is 2.42. The fourth-order valence-corrected chi connectivity index (χ4v) is 2.53. The average molecular weight is 183 g/mol. The normalized spacial score (nSPS) is 29.5. The van der Waals surface area contributed by atoms with Crippen molar-refractivity contribution in [3.05, 3.63) is 0 Å². The molecule has 1 spiro atoms. The summed E-state index contributed by atoms with van der Waals surface area (Å²) < 4.78 is 0. The molecule has 0 radical (unpaired) electrons. The largest absolute Gasteiger partial charge is 0.389 e. The predicted molar refractivity (Wildman–Crippen MR) is 53.6 cm³/mol. The second-order valence-electron chi connectivity index (χ2n) is 5.59. The quantitative estimate of drug-likeness (QED) is 0.703. The Kier molecular flexibility index (Phi) is 1.97. The molecule has 1 aliphatic carbocycles. The molecule has 76 valence electrons. The van der Waals surface area contributed by atoms with Gasteiger partial charge in [-0.15, -0.1) is 0 Å². The van der Waals surface area contributed by atoms with Gasteiger partial charge in [-0.1, -0.05) is 6.42 Å². The Hall–Kier alpha value is -0.0800. The Morgan fingerprint density at radius 3 is 2.15 bits per heavy atom. The van der Waals surface area contributed by atoms with Gasteiger partial charge in [0.05, 0.1) is 5.60 Å². The molecular formula is C11H21NO. The maximum absolute atomic E-state index is 9.84. The van der Waals surface area contributed by atoms with Gasteiger partial charge in [0.25, 0.3) is 0 Å². The van der Waals surface area contributed by atoms with E-state index in [-0.39, 0.29) is 0 Å². The molecule has 0 aromatic carbocycles.